The quantitative estimate of drug-likeness (QED) is 0.746. The second-order valence-electron chi connectivity index (χ2n) is 8.87. The van der Waals surface area contributed by atoms with Crippen molar-refractivity contribution in [2.75, 3.05) is 26.2 Å². The number of amides is 1. The topological polar surface area (TPSA) is 87.2 Å². The Balaban J connectivity index is 1.69. The number of benzene rings is 1. The van der Waals surface area contributed by atoms with E-state index in [1.165, 1.54) is 23.8 Å². The highest BCUT2D eigenvalue weighted by Crippen LogP contribution is 2.44. The van der Waals surface area contributed by atoms with Gasteiger partial charge in [0.05, 0.1) is 17.5 Å². The van der Waals surface area contributed by atoms with Crippen LogP contribution in [-0.2, 0) is 14.6 Å². The summed E-state index contributed by atoms with van der Waals surface area (Å²) in [6.45, 7) is 5.42. The van der Waals surface area contributed by atoms with Crippen molar-refractivity contribution in [1.29, 1.82) is 0 Å². The third-order valence-corrected chi connectivity index (χ3v) is 7.51. The van der Waals surface area contributed by atoms with Gasteiger partial charge in [0.1, 0.15) is 17.5 Å². The summed E-state index contributed by atoms with van der Waals surface area (Å²) < 4.78 is 55.9. The molecular formula is C20H26F2N2O5S. The van der Waals surface area contributed by atoms with Crippen LogP contribution in [0.25, 0.3) is 0 Å². The number of nitrogens with zero attached hydrogens (tertiary/aromatic N) is 2. The van der Waals surface area contributed by atoms with E-state index in [9.17, 15) is 27.1 Å². The van der Waals surface area contributed by atoms with Gasteiger partial charge in [-0.2, -0.15) is 8.78 Å². The van der Waals surface area contributed by atoms with E-state index in [0.29, 0.717) is 19.0 Å². The first-order valence-corrected chi connectivity index (χ1v) is 11.6. The third kappa shape index (κ3) is 3.80. The number of carbonyl (C=O) groups excluding carboxylic acids is 1. The minimum absolute atomic E-state index is 0.184. The predicted octanol–water partition coefficient (Wildman–Crippen LogP) is 1.81. The lowest BCUT2D eigenvalue weighted by Crippen LogP contribution is -2.59. The van der Waals surface area contributed by atoms with Gasteiger partial charge in [0.25, 0.3) is 0 Å². The second-order valence-corrected chi connectivity index (χ2v) is 10.8. The number of hydrogen-bond donors (Lipinski definition) is 1. The van der Waals surface area contributed by atoms with Crippen LogP contribution in [0, 0.1) is 5.92 Å². The predicted molar refractivity (Wildman–Crippen MR) is 104 cm³/mol. The molecule has 1 aliphatic carbocycles. The zero-order valence-corrected chi connectivity index (χ0v) is 17.7. The van der Waals surface area contributed by atoms with Crippen LogP contribution < -0.4 is 4.74 Å². The standard InChI is InChI=1S/C20H26F2N2O5S/c1-20(2)18(26)17(24-8-7-23(11-16(24)25)10-12-3-4-12)14-9-13(5-6-15(14)29-20)30(27,28)19(21)22/h5-6,9,12,17-19,26H,3-4,7-8,10-11H2,1-2H3/t17-,18+/m1/s1. The molecule has 2 fully saturated rings. The molecule has 166 valence electrons. The molecule has 3 aliphatic rings. The van der Waals surface area contributed by atoms with Crippen molar-refractivity contribution in [3.8, 4) is 5.75 Å². The van der Waals surface area contributed by atoms with E-state index < -0.39 is 38.2 Å². The van der Waals surface area contributed by atoms with E-state index in [1.54, 1.807) is 13.8 Å². The smallest absolute Gasteiger partial charge is 0.341 e. The Morgan fingerprint density at radius 3 is 2.57 bits per heavy atom. The van der Waals surface area contributed by atoms with E-state index in [4.69, 9.17) is 4.74 Å². The first-order valence-electron chi connectivity index (χ1n) is 10.1. The Hall–Kier alpha value is -1.78. The van der Waals surface area contributed by atoms with Gasteiger partial charge in [-0.05, 0) is 50.8 Å². The highest BCUT2D eigenvalue weighted by atomic mass is 32.2. The van der Waals surface area contributed by atoms with Crippen molar-refractivity contribution in [3.63, 3.8) is 0 Å². The van der Waals surface area contributed by atoms with Crippen LogP contribution in [0.4, 0.5) is 8.78 Å². The van der Waals surface area contributed by atoms with Gasteiger partial charge in [0.15, 0.2) is 0 Å². The van der Waals surface area contributed by atoms with Crippen LogP contribution in [0.1, 0.15) is 38.3 Å². The summed E-state index contributed by atoms with van der Waals surface area (Å²) in [5, 5.41) is 11.0. The minimum Gasteiger partial charge on any atom is -0.485 e. The number of piperazine rings is 1. The Kier molecular flexibility index (Phi) is 5.31. The van der Waals surface area contributed by atoms with Crippen LogP contribution in [0.2, 0.25) is 0 Å². The number of aliphatic hydroxyl groups excluding tert-OH is 1. The molecule has 0 aromatic heterocycles. The first-order chi connectivity index (χ1) is 14.0. The van der Waals surface area contributed by atoms with Crippen LogP contribution in [-0.4, -0.2) is 72.9 Å². The van der Waals surface area contributed by atoms with Gasteiger partial charge >= 0.3 is 5.76 Å². The zero-order valence-electron chi connectivity index (χ0n) is 16.9. The Morgan fingerprint density at radius 1 is 1.27 bits per heavy atom. The molecular weight excluding hydrogens is 418 g/mol. The lowest BCUT2D eigenvalue weighted by Gasteiger charge is -2.48. The molecule has 30 heavy (non-hydrogen) atoms. The van der Waals surface area contributed by atoms with Crippen molar-refractivity contribution in [2.45, 2.75) is 55.1 Å². The molecule has 0 radical (unpaired) electrons. The lowest BCUT2D eigenvalue weighted by molar-refractivity contribution is -0.150. The second kappa shape index (κ2) is 7.42. The normalized spacial score (nSPS) is 27.1. The molecule has 0 unspecified atom stereocenters. The summed E-state index contributed by atoms with van der Waals surface area (Å²) >= 11 is 0. The summed E-state index contributed by atoms with van der Waals surface area (Å²) in [6, 6.07) is 2.61. The minimum atomic E-state index is -4.82. The maximum atomic E-state index is 13.1. The van der Waals surface area contributed by atoms with Crippen LogP contribution in [0.3, 0.4) is 0 Å². The zero-order chi connectivity index (χ0) is 21.8. The molecule has 1 amide bonds. The molecule has 1 N–H and O–H groups in total. The highest BCUT2D eigenvalue weighted by Gasteiger charge is 2.48. The summed E-state index contributed by atoms with van der Waals surface area (Å²) in [5.74, 6) is -2.83. The number of alkyl halides is 2. The van der Waals surface area contributed by atoms with Gasteiger partial charge < -0.3 is 14.7 Å². The molecule has 2 aliphatic heterocycles. The van der Waals surface area contributed by atoms with E-state index in [0.717, 1.165) is 18.7 Å². The largest absolute Gasteiger partial charge is 0.485 e. The van der Waals surface area contributed by atoms with Crippen LogP contribution in [0.5, 0.6) is 5.75 Å². The van der Waals surface area contributed by atoms with E-state index in [-0.39, 0.29) is 23.8 Å². The third-order valence-electron chi connectivity index (χ3n) is 6.13. The number of ether oxygens (including phenoxy) is 1. The van der Waals surface area contributed by atoms with Crippen molar-refractivity contribution in [3.05, 3.63) is 23.8 Å². The SMILES string of the molecule is CC1(C)Oc2ccc(S(=O)(=O)C(F)F)cc2[C@@H](N2CCN(CC3CC3)CC2=O)[C@@H]1O. The number of rotatable bonds is 5. The number of aliphatic hydroxyl groups is 1. The number of fused-ring (bicyclic) bond motifs is 1. The Morgan fingerprint density at radius 2 is 1.97 bits per heavy atom. The summed E-state index contributed by atoms with van der Waals surface area (Å²) in [5.41, 5.74) is -0.820. The maximum absolute atomic E-state index is 13.1. The summed E-state index contributed by atoms with van der Waals surface area (Å²) in [4.78, 5) is 16.0. The van der Waals surface area contributed by atoms with Gasteiger partial charge in [-0.25, -0.2) is 8.42 Å². The number of sulfone groups is 1. The van der Waals surface area contributed by atoms with E-state index in [1.807, 2.05) is 0 Å². The monoisotopic (exact) mass is 444 g/mol. The van der Waals surface area contributed by atoms with Crippen molar-refractivity contribution in [2.24, 2.45) is 5.92 Å². The Bertz CT molecular complexity index is 949. The average Bonchev–Trinajstić information content (AvgIpc) is 3.47. The molecule has 0 spiro atoms. The number of carbonyl (C=O) groups is 1. The van der Waals surface area contributed by atoms with Gasteiger partial charge in [0, 0.05) is 25.2 Å². The summed E-state index contributed by atoms with van der Waals surface area (Å²) in [6.07, 6.45) is 1.19. The van der Waals surface area contributed by atoms with Crippen molar-refractivity contribution >= 4 is 15.7 Å². The van der Waals surface area contributed by atoms with Crippen molar-refractivity contribution in [1.82, 2.24) is 9.80 Å². The fraction of sp³-hybridized carbons (Fsp3) is 0.650. The fourth-order valence-electron chi connectivity index (χ4n) is 4.21. The molecule has 2 atom stereocenters. The highest BCUT2D eigenvalue weighted by molar-refractivity contribution is 7.91. The molecule has 10 heteroatoms. The molecule has 0 bridgehead atoms. The fourth-order valence-corrected chi connectivity index (χ4v) is 4.97. The molecule has 4 rings (SSSR count). The van der Waals surface area contributed by atoms with Crippen LogP contribution >= 0.6 is 0 Å². The molecule has 1 saturated heterocycles. The Labute approximate surface area is 174 Å². The van der Waals surface area contributed by atoms with Crippen LogP contribution in [0.15, 0.2) is 23.1 Å². The molecule has 7 nitrogen and oxygen atoms in total. The maximum Gasteiger partial charge on any atom is 0.341 e. The lowest BCUT2D eigenvalue weighted by atomic mass is 9.85. The van der Waals surface area contributed by atoms with E-state index >= 15 is 0 Å². The van der Waals surface area contributed by atoms with Gasteiger partial charge in [0.2, 0.25) is 15.7 Å². The average molecular weight is 445 g/mol. The van der Waals surface area contributed by atoms with Gasteiger partial charge in [-0.1, -0.05) is 0 Å². The van der Waals surface area contributed by atoms with Gasteiger partial charge in [-0.15, -0.1) is 0 Å². The molecule has 1 aromatic rings. The number of hydrogen-bond acceptors (Lipinski definition) is 6. The van der Waals surface area contributed by atoms with Crippen molar-refractivity contribution < 1.29 is 31.8 Å². The molecule has 1 aromatic carbocycles. The first kappa shape index (κ1) is 21.5. The summed E-state index contributed by atoms with van der Waals surface area (Å²) in [7, 11) is -4.82. The molecule has 2 heterocycles. The van der Waals surface area contributed by atoms with Gasteiger partial charge in [-0.3, -0.25) is 9.69 Å². The van der Waals surface area contributed by atoms with E-state index in [2.05, 4.69) is 4.90 Å². The molecule has 1 saturated carbocycles. The number of halogens is 2.